The number of methoxy groups -OCH3 is 1. The van der Waals surface area contributed by atoms with Gasteiger partial charge < -0.3 is 10.1 Å². The monoisotopic (exact) mass is 166 g/mol. The second-order valence-electron chi connectivity index (χ2n) is 2.51. The molecule has 0 aliphatic rings. The van der Waals surface area contributed by atoms with E-state index < -0.39 is 0 Å². The minimum absolute atomic E-state index is 0.722. The zero-order valence-electron chi connectivity index (χ0n) is 7.50. The summed E-state index contributed by atoms with van der Waals surface area (Å²) in [6.07, 6.45) is 0.867. The quantitative estimate of drug-likeness (QED) is 0.732. The molecule has 0 fully saturated rings. The van der Waals surface area contributed by atoms with Crippen molar-refractivity contribution in [2.75, 3.05) is 26.1 Å². The molecule has 0 atom stereocenters. The van der Waals surface area contributed by atoms with Crippen LogP contribution in [-0.4, -0.2) is 25.7 Å². The molecule has 0 amide bonds. The van der Waals surface area contributed by atoms with Gasteiger partial charge in [0.1, 0.15) is 5.82 Å². The number of hydrogen-bond acceptors (Lipinski definition) is 3. The van der Waals surface area contributed by atoms with Crippen molar-refractivity contribution in [1.29, 1.82) is 0 Å². The fourth-order valence-corrected chi connectivity index (χ4v) is 0.965. The van der Waals surface area contributed by atoms with Crippen molar-refractivity contribution >= 4 is 5.82 Å². The first kappa shape index (κ1) is 9.00. The fraction of sp³-hybridized carbons (Fsp3) is 0.444. The molecule has 1 rings (SSSR count). The van der Waals surface area contributed by atoms with Crippen LogP contribution in [0.1, 0.15) is 5.69 Å². The van der Waals surface area contributed by atoms with Gasteiger partial charge in [0.05, 0.1) is 6.61 Å². The molecule has 0 radical (unpaired) electrons. The Labute approximate surface area is 72.8 Å². The molecule has 0 aliphatic heterocycles. The number of nitrogens with one attached hydrogen (secondary N) is 1. The van der Waals surface area contributed by atoms with Gasteiger partial charge in [-0.15, -0.1) is 0 Å². The Balaban J connectivity index is 2.60. The Morgan fingerprint density at radius 3 is 3.00 bits per heavy atom. The average Bonchev–Trinajstić information content (AvgIpc) is 2.15. The van der Waals surface area contributed by atoms with Crippen molar-refractivity contribution in [3.8, 4) is 0 Å². The van der Waals surface area contributed by atoms with E-state index in [9.17, 15) is 0 Å². The second-order valence-corrected chi connectivity index (χ2v) is 2.51. The zero-order chi connectivity index (χ0) is 8.81. The Kier molecular flexibility index (Phi) is 3.54. The van der Waals surface area contributed by atoms with E-state index in [1.54, 1.807) is 7.11 Å². The summed E-state index contributed by atoms with van der Waals surface area (Å²) < 4.78 is 4.96. The largest absolute Gasteiger partial charge is 0.384 e. The topological polar surface area (TPSA) is 34.1 Å². The maximum atomic E-state index is 4.96. The summed E-state index contributed by atoms with van der Waals surface area (Å²) in [6.45, 7) is 0.722. The highest BCUT2D eigenvalue weighted by Crippen LogP contribution is 2.03. The average molecular weight is 166 g/mol. The molecule has 0 saturated carbocycles. The third kappa shape index (κ3) is 2.51. The normalized spacial score (nSPS) is 9.83. The van der Waals surface area contributed by atoms with Gasteiger partial charge >= 0.3 is 0 Å². The summed E-state index contributed by atoms with van der Waals surface area (Å²) in [7, 11) is 3.56. The molecule has 0 unspecified atom stereocenters. The van der Waals surface area contributed by atoms with Crippen LogP contribution in [0.25, 0.3) is 0 Å². The van der Waals surface area contributed by atoms with Gasteiger partial charge in [-0.1, -0.05) is 6.07 Å². The molecule has 1 aromatic heterocycles. The van der Waals surface area contributed by atoms with E-state index in [1.807, 2.05) is 25.2 Å². The maximum absolute atomic E-state index is 4.96. The highest BCUT2D eigenvalue weighted by Gasteiger charge is 1.94. The molecule has 0 saturated heterocycles. The maximum Gasteiger partial charge on any atom is 0.125 e. The van der Waals surface area contributed by atoms with Gasteiger partial charge in [-0.25, -0.2) is 4.98 Å². The van der Waals surface area contributed by atoms with E-state index >= 15 is 0 Å². The van der Waals surface area contributed by atoms with Gasteiger partial charge in [0.2, 0.25) is 0 Å². The number of rotatable bonds is 4. The van der Waals surface area contributed by atoms with Gasteiger partial charge in [-0.05, 0) is 12.1 Å². The Bertz CT molecular complexity index is 238. The summed E-state index contributed by atoms with van der Waals surface area (Å²) in [4.78, 5) is 4.34. The SMILES string of the molecule is CNc1cccc(CCOC)n1. The van der Waals surface area contributed by atoms with Gasteiger partial charge in [-0.3, -0.25) is 0 Å². The van der Waals surface area contributed by atoms with E-state index in [0.717, 1.165) is 24.5 Å². The van der Waals surface area contributed by atoms with Crippen LogP contribution < -0.4 is 5.32 Å². The Hall–Kier alpha value is -1.09. The molecule has 0 aliphatic carbocycles. The number of nitrogens with zero attached hydrogens (tertiary/aromatic N) is 1. The van der Waals surface area contributed by atoms with Crippen molar-refractivity contribution in [2.45, 2.75) is 6.42 Å². The number of ether oxygens (including phenoxy) is 1. The van der Waals surface area contributed by atoms with E-state index in [0.29, 0.717) is 0 Å². The van der Waals surface area contributed by atoms with E-state index in [-0.39, 0.29) is 0 Å². The van der Waals surface area contributed by atoms with E-state index in [1.165, 1.54) is 0 Å². The third-order valence-corrected chi connectivity index (χ3v) is 1.63. The van der Waals surface area contributed by atoms with Gasteiger partial charge in [0.15, 0.2) is 0 Å². The summed E-state index contributed by atoms with van der Waals surface area (Å²) in [5.41, 5.74) is 1.06. The summed E-state index contributed by atoms with van der Waals surface area (Å²) in [6, 6.07) is 5.93. The Morgan fingerprint density at radius 1 is 1.50 bits per heavy atom. The highest BCUT2D eigenvalue weighted by molar-refractivity contribution is 5.34. The van der Waals surface area contributed by atoms with Crippen LogP contribution in [0.15, 0.2) is 18.2 Å². The van der Waals surface area contributed by atoms with Crippen LogP contribution in [0.2, 0.25) is 0 Å². The molecular formula is C9H14N2O. The molecule has 1 N–H and O–H groups in total. The Morgan fingerprint density at radius 2 is 2.33 bits per heavy atom. The van der Waals surface area contributed by atoms with E-state index in [2.05, 4.69) is 10.3 Å². The molecule has 1 aromatic rings. The lowest BCUT2D eigenvalue weighted by Gasteiger charge is -2.02. The van der Waals surface area contributed by atoms with E-state index in [4.69, 9.17) is 4.74 Å². The van der Waals surface area contributed by atoms with Crippen LogP contribution >= 0.6 is 0 Å². The highest BCUT2D eigenvalue weighted by atomic mass is 16.5. The molecule has 1 heterocycles. The molecule has 66 valence electrons. The molecular weight excluding hydrogens is 152 g/mol. The van der Waals surface area contributed by atoms with Crippen molar-refractivity contribution in [3.63, 3.8) is 0 Å². The smallest absolute Gasteiger partial charge is 0.125 e. The van der Waals surface area contributed by atoms with Crippen molar-refractivity contribution in [1.82, 2.24) is 4.98 Å². The van der Waals surface area contributed by atoms with Gasteiger partial charge in [0, 0.05) is 26.3 Å². The van der Waals surface area contributed by atoms with Crippen LogP contribution in [0, 0.1) is 0 Å². The standard InChI is InChI=1S/C9H14N2O/c1-10-9-5-3-4-8(11-9)6-7-12-2/h3-5H,6-7H2,1-2H3,(H,10,11). The summed E-state index contributed by atoms with van der Waals surface area (Å²) >= 11 is 0. The van der Waals surface area contributed by atoms with Crippen LogP contribution in [0.3, 0.4) is 0 Å². The third-order valence-electron chi connectivity index (χ3n) is 1.63. The first-order valence-corrected chi connectivity index (χ1v) is 3.99. The molecule has 12 heavy (non-hydrogen) atoms. The molecule has 0 spiro atoms. The predicted octanol–water partition coefficient (Wildman–Crippen LogP) is 1.31. The molecule has 0 aromatic carbocycles. The van der Waals surface area contributed by atoms with Gasteiger partial charge in [0.25, 0.3) is 0 Å². The molecule has 3 nitrogen and oxygen atoms in total. The minimum Gasteiger partial charge on any atom is -0.384 e. The van der Waals surface area contributed by atoms with Crippen LogP contribution in [0.4, 0.5) is 5.82 Å². The minimum atomic E-state index is 0.722. The lowest BCUT2D eigenvalue weighted by atomic mass is 10.3. The number of aromatic nitrogens is 1. The fourth-order valence-electron chi connectivity index (χ4n) is 0.965. The second kappa shape index (κ2) is 4.72. The number of anilines is 1. The summed E-state index contributed by atoms with van der Waals surface area (Å²) in [5.74, 6) is 0.906. The van der Waals surface area contributed by atoms with Crippen LogP contribution in [0.5, 0.6) is 0 Å². The number of hydrogen-bond donors (Lipinski definition) is 1. The number of pyridine rings is 1. The molecule has 3 heteroatoms. The first-order chi connectivity index (χ1) is 5.86. The first-order valence-electron chi connectivity index (χ1n) is 3.99. The predicted molar refractivity (Wildman–Crippen MR) is 49.4 cm³/mol. The molecule has 0 bridgehead atoms. The van der Waals surface area contributed by atoms with Crippen molar-refractivity contribution in [2.24, 2.45) is 0 Å². The lowest BCUT2D eigenvalue weighted by molar-refractivity contribution is 0.201. The lowest BCUT2D eigenvalue weighted by Crippen LogP contribution is -1.99. The van der Waals surface area contributed by atoms with Crippen molar-refractivity contribution in [3.05, 3.63) is 23.9 Å². The van der Waals surface area contributed by atoms with Crippen LogP contribution in [-0.2, 0) is 11.2 Å². The van der Waals surface area contributed by atoms with Gasteiger partial charge in [-0.2, -0.15) is 0 Å². The van der Waals surface area contributed by atoms with Crippen molar-refractivity contribution < 1.29 is 4.74 Å². The summed E-state index contributed by atoms with van der Waals surface area (Å²) in [5, 5.41) is 2.99. The zero-order valence-corrected chi connectivity index (χ0v) is 7.50.